The van der Waals surface area contributed by atoms with Crippen LogP contribution in [0, 0.1) is 11.7 Å². The second kappa shape index (κ2) is 10.4. The predicted molar refractivity (Wildman–Crippen MR) is 105 cm³/mol. The van der Waals surface area contributed by atoms with Gasteiger partial charge in [-0.2, -0.15) is 0 Å². The predicted octanol–water partition coefficient (Wildman–Crippen LogP) is 3.02. The topological polar surface area (TPSA) is 61.4 Å². The summed E-state index contributed by atoms with van der Waals surface area (Å²) in [5.41, 5.74) is 0.865. The van der Waals surface area contributed by atoms with Crippen molar-refractivity contribution in [1.82, 2.24) is 15.5 Å². The van der Waals surface area contributed by atoms with Crippen LogP contribution in [-0.2, 0) is 9.59 Å². The molecule has 0 bridgehead atoms. The highest BCUT2D eigenvalue weighted by Gasteiger charge is 2.30. The second-order valence-corrected chi connectivity index (χ2v) is 7.54. The Morgan fingerprint density at radius 1 is 1.26 bits per heavy atom. The summed E-state index contributed by atoms with van der Waals surface area (Å²) in [4.78, 5) is 26.9. The Balaban J connectivity index is 1.85. The van der Waals surface area contributed by atoms with Crippen LogP contribution in [0.15, 0.2) is 24.3 Å². The van der Waals surface area contributed by atoms with Crippen LogP contribution in [0.2, 0.25) is 0 Å². The van der Waals surface area contributed by atoms with E-state index >= 15 is 0 Å². The molecule has 27 heavy (non-hydrogen) atoms. The van der Waals surface area contributed by atoms with Crippen molar-refractivity contribution in [3.8, 4) is 0 Å². The number of halogens is 1. The highest BCUT2D eigenvalue weighted by Crippen LogP contribution is 2.22. The van der Waals surface area contributed by atoms with Crippen molar-refractivity contribution in [1.29, 1.82) is 0 Å². The average Bonchev–Trinajstić information content (AvgIpc) is 2.64. The van der Waals surface area contributed by atoms with Crippen LogP contribution in [0.5, 0.6) is 0 Å². The fourth-order valence-electron chi connectivity index (χ4n) is 3.45. The van der Waals surface area contributed by atoms with Crippen molar-refractivity contribution in [3.63, 3.8) is 0 Å². The average molecular weight is 378 g/mol. The van der Waals surface area contributed by atoms with E-state index in [-0.39, 0.29) is 42.2 Å². The smallest absolute Gasteiger partial charge is 0.234 e. The number of hydrogen-bond acceptors (Lipinski definition) is 3. The van der Waals surface area contributed by atoms with E-state index < -0.39 is 0 Å². The first-order valence-corrected chi connectivity index (χ1v) is 9.97. The minimum absolute atomic E-state index is 0.0552. The van der Waals surface area contributed by atoms with Gasteiger partial charge in [-0.3, -0.25) is 14.5 Å². The van der Waals surface area contributed by atoms with Crippen LogP contribution in [0.4, 0.5) is 4.39 Å². The van der Waals surface area contributed by atoms with Crippen LogP contribution < -0.4 is 10.6 Å². The molecule has 0 spiro atoms. The summed E-state index contributed by atoms with van der Waals surface area (Å²) >= 11 is 0. The van der Waals surface area contributed by atoms with Gasteiger partial charge in [-0.05, 0) is 50.8 Å². The van der Waals surface area contributed by atoms with Crippen molar-refractivity contribution in [2.24, 2.45) is 5.92 Å². The van der Waals surface area contributed by atoms with E-state index in [1.807, 2.05) is 6.92 Å². The molecule has 0 saturated carbocycles. The first-order chi connectivity index (χ1) is 12.9. The number of unbranched alkanes of at least 4 members (excludes halogenated alkanes) is 1. The molecule has 6 heteroatoms. The van der Waals surface area contributed by atoms with E-state index in [9.17, 15) is 14.0 Å². The molecule has 3 atom stereocenters. The third-order valence-electron chi connectivity index (χ3n) is 5.31. The van der Waals surface area contributed by atoms with Crippen LogP contribution in [0.3, 0.4) is 0 Å². The largest absolute Gasteiger partial charge is 0.356 e. The lowest BCUT2D eigenvalue weighted by Crippen LogP contribution is -2.50. The molecule has 2 rings (SSSR count). The summed E-state index contributed by atoms with van der Waals surface area (Å²) in [5, 5.41) is 5.97. The van der Waals surface area contributed by atoms with E-state index in [1.165, 1.54) is 12.1 Å². The van der Waals surface area contributed by atoms with Gasteiger partial charge in [0.15, 0.2) is 0 Å². The minimum atomic E-state index is -0.289. The van der Waals surface area contributed by atoms with Gasteiger partial charge in [-0.15, -0.1) is 0 Å². The molecule has 2 amide bonds. The zero-order chi connectivity index (χ0) is 19.8. The van der Waals surface area contributed by atoms with Gasteiger partial charge in [-0.1, -0.05) is 25.5 Å². The van der Waals surface area contributed by atoms with Gasteiger partial charge < -0.3 is 10.6 Å². The van der Waals surface area contributed by atoms with Gasteiger partial charge in [0, 0.05) is 19.1 Å². The van der Waals surface area contributed by atoms with Gasteiger partial charge >= 0.3 is 0 Å². The summed E-state index contributed by atoms with van der Waals surface area (Å²) in [6.45, 7) is 7.68. The molecule has 150 valence electrons. The van der Waals surface area contributed by atoms with Crippen molar-refractivity contribution >= 4 is 11.8 Å². The van der Waals surface area contributed by atoms with E-state index in [2.05, 4.69) is 29.4 Å². The number of rotatable bonds is 8. The molecule has 1 aliphatic heterocycles. The van der Waals surface area contributed by atoms with Crippen LogP contribution in [0.1, 0.15) is 58.1 Å². The quantitative estimate of drug-likeness (QED) is 0.685. The number of nitrogens with zero attached hydrogens (tertiary/aromatic N) is 1. The second-order valence-electron chi connectivity index (χ2n) is 7.54. The van der Waals surface area contributed by atoms with Crippen molar-refractivity contribution < 1.29 is 14.0 Å². The van der Waals surface area contributed by atoms with Gasteiger partial charge in [-0.25, -0.2) is 4.39 Å². The summed E-state index contributed by atoms with van der Waals surface area (Å²) in [5.74, 6) is -0.325. The maximum Gasteiger partial charge on any atom is 0.234 e. The highest BCUT2D eigenvalue weighted by molar-refractivity contribution is 5.80. The maximum atomic E-state index is 13.0. The van der Waals surface area contributed by atoms with Gasteiger partial charge in [0.1, 0.15) is 5.82 Å². The number of piperidine rings is 1. The van der Waals surface area contributed by atoms with Gasteiger partial charge in [0.2, 0.25) is 11.8 Å². The molecule has 0 aromatic heterocycles. The molecule has 1 aliphatic rings. The minimum Gasteiger partial charge on any atom is -0.356 e. The van der Waals surface area contributed by atoms with E-state index in [1.54, 1.807) is 12.1 Å². The number of carbonyl (C=O) groups excluding carboxylic acids is 2. The Hall–Kier alpha value is -1.95. The van der Waals surface area contributed by atoms with E-state index in [0.717, 1.165) is 37.8 Å². The lowest BCUT2D eigenvalue weighted by molar-refractivity contribution is -0.130. The van der Waals surface area contributed by atoms with Gasteiger partial charge in [0.05, 0.1) is 18.5 Å². The molecule has 0 radical (unpaired) electrons. The first kappa shape index (κ1) is 21.4. The van der Waals surface area contributed by atoms with Crippen molar-refractivity contribution in [2.75, 3.05) is 19.6 Å². The molecule has 1 heterocycles. The van der Waals surface area contributed by atoms with Crippen molar-refractivity contribution in [3.05, 3.63) is 35.6 Å². The number of benzene rings is 1. The summed E-state index contributed by atoms with van der Waals surface area (Å²) < 4.78 is 13.0. The van der Waals surface area contributed by atoms with Crippen LogP contribution >= 0.6 is 0 Å². The Morgan fingerprint density at radius 3 is 2.63 bits per heavy atom. The van der Waals surface area contributed by atoms with Gasteiger partial charge in [0.25, 0.3) is 0 Å². The normalized spacial score (nSPS) is 21.5. The number of nitrogens with one attached hydrogen (secondary N) is 2. The number of amides is 2. The molecule has 0 aliphatic carbocycles. The lowest BCUT2D eigenvalue weighted by atomic mass is 9.92. The molecular weight excluding hydrogens is 345 g/mol. The SMILES string of the molecule is CCCCNC(=O)C1CCC(C)N(CC(=O)NC(C)c2ccc(F)cc2)C1. The Morgan fingerprint density at radius 2 is 1.96 bits per heavy atom. The molecular formula is C21H32FN3O2. The summed E-state index contributed by atoms with van der Waals surface area (Å²) in [7, 11) is 0. The molecule has 5 nitrogen and oxygen atoms in total. The molecule has 2 N–H and O–H groups in total. The molecule has 1 aromatic carbocycles. The molecule has 3 unspecified atom stereocenters. The fraction of sp³-hybridized carbons (Fsp3) is 0.619. The van der Waals surface area contributed by atoms with E-state index in [4.69, 9.17) is 0 Å². The van der Waals surface area contributed by atoms with E-state index in [0.29, 0.717) is 6.54 Å². The zero-order valence-electron chi connectivity index (χ0n) is 16.6. The number of hydrogen-bond donors (Lipinski definition) is 2. The standard InChI is InChI=1S/C21H32FN3O2/c1-4-5-12-23-21(27)18-7-6-15(2)25(13-18)14-20(26)24-16(3)17-8-10-19(22)11-9-17/h8-11,15-16,18H,4-7,12-14H2,1-3H3,(H,23,27)(H,24,26). The van der Waals surface area contributed by atoms with Crippen LogP contribution in [0.25, 0.3) is 0 Å². The van der Waals surface area contributed by atoms with Crippen molar-refractivity contribution in [2.45, 2.75) is 58.5 Å². The Labute approximate surface area is 161 Å². The first-order valence-electron chi connectivity index (χ1n) is 9.97. The lowest BCUT2D eigenvalue weighted by Gasteiger charge is -2.37. The monoisotopic (exact) mass is 377 g/mol. The summed E-state index contributed by atoms with van der Waals surface area (Å²) in [6.07, 6.45) is 3.82. The highest BCUT2D eigenvalue weighted by atomic mass is 19.1. The zero-order valence-corrected chi connectivity index (χ0v) is 16.6. The molecule has 1 aromatic rings. The summed E-state index contributed by atoms with van der Waals surface area (Å²) in [6, 6.07) is 6.24. The Bertz CT molecular complexity index is 620. The third kappa shape index (κ3) is 6.61. The number of carbonyl (C=O) groups is 2. The van der Waals surface area contributed by atoms with Crippen LogP contribution in [-0.4, -0.2) is 42.4 Å². The number of likely N-dealkylation sites (tertiary alicyclic amines) is 1. The molecule has 1 saturated heterocycles. The third-order valence-corrected chi connectivity index (χ3v) is 5.31. The molecule has 1 fully saturated rings. The fourth-order valence-corrected chi connectivity index (χ4v) is 3.45. The Kier molecular flexibility index (Phi) is 8.23. The maximum absolute atomic E-state index is 13.0.